The van der Waals surface area contributed by atoms with Gasteiger partial charge in [-0.3, -0.25) is 0 Å². The second-order valence-corrected chi connectivity index (χ2v) is 4.44. The SMILES string of the molecule is [Cr+3].[O]=[Cr](=[O])([O-])[O-].[O]=[Cr](=[O])([O-])[O-].c1cc[nH+]cc1. The Labute approximate surface area is 112 Å². The van der Waals surface area contributed by atoms with Crippen LogP contribution < -0.4 is 21.6 Å². The molecule has 1 heterocycles. The number of aromatic nitrogens is 1. The molecular formula is C5H6Cr3NO8. The molecule has 0 aliphatic rings. The third-order valence-corrected chi connectivity index (χ3v) is 0.607. The molecule has 0 bridgehead atoms. The van der Waals surface area contributed by atoms with E-state index in [0.29, 0.717) is 0 Å². The summed E-state index contributed by atoms with van der Waals surface area (Å²) in [4.78, 5) is 2.89. The van der Waals surface area contributed by atoms with Gasteiger partial charge in [0.05, 0.1) is 0 Å². The zero-order valence-corrected chi connectivity index (χ0v) is 11.7. The van der Waals surface area contributed by atoms with E-state index in [1.165, 1.54) is 0 Å². The van der Waals surface area contributed by atoms with Crippen LogP contribution in [0.4, 0.5) is 0 Å². The summed E-state index contributed by atoms with van der Waals surface area (Å²) in [6.07, 6.45) is 3.75. The fraction of sp³-hybridized carbons (Fsp3) is 0. The van der Waals surface area contributed by atoms with E-state index in [1.54, 1.807) is 0 Å². The molecule has 12 heteroatoms. The van der Waals surface area contributed by atoms with Crippen LogP contribution >= 0.6 is 0 Å². The number of aromatic amines is 1. The van der Waals surface area contributed by atoms with E-state index < -0.39 is 27.2 Å². The quantitative estimate of drug-likeness (QED) is 0.441. The number of rotatable bonds is 0. The molecule has 1 aromatic heterocycles. The minimum atomic E-state index is -5.75. The molecule has 0 aliphatic carbocycles. The molecular weight excluding hydrogens is 358 g/mol. The average Bonchev–Trinajstić information content (AvgIpc) is 2.01. The van der Waals surface area contributed by atoms with E-state index in [1.807, 2.05) is 30.6 Å². The molecule has 0 aliphatic heterocycles. The Balaban J connectivity index is -0.000000170. The van der Waals surface area contributed by atoms with Gasteiger partial charge in [-0.25, -0.2) is 4.98 Å². The molecule has 0 fully saturated rings. The summed E-state index contributed by atoms with van der Waals surface area (Å²) < 4.78 is 68.8. The number of nitrogens with one attached hydrogen (secondary N) is 1. The Morgan fingerprint density at radius 2 is 0.941 bits per heavy atom. The van der Waals surface area contributed by atoms with Gasteiger partial charge in [-0.15, -0.1) is 0 Å². The van der Waals surface area contributed by atoms with Gasteiger partial charge in [0.2, 0.25) is 0 Å². The average molecular weight is 364 g/mol. The molecule has 9 nitrogen and oxygen atoms in total. The number of hydrogen-bond acceptors (Lipinski definition) is 8. The van der Waals surface area contributed by atoms with Crippen LogP contribution in [0.15, 0.2) is 30.6 Å². The third-order valence-electron chi connectivity index (χ3n) is 0.607. The minimum Gasteiger partial charge on any atom is -0.218 e. The predicted molar refractivity (Wildman–Crippen MR) is 25.7 cm³/mol. The first-order valence-corrected chi connectivity index (χ1v) is 7.41. The van der Waals surface area contributed by atoms with Crippen LogP contribution in [0.3, 0.4) is 0 Å². The maximum Gasteiger partial charge on any atom is 0.166 e. The van der Waals surface area contributed by atoms with Gasteiger partial charge in [0.1, 0.15) is 0 Å². The monoisotopic (exact) mass is 364 g/mol. The van der Waals surface area contributed by atoms with Crippen molar-refractivity contribution in [2.24, 2.45) is 0 Å². The van der Waals surface area contributed by atoms with Gasteiger partial charge < -0.3 is 0 Å². The minimum absolute atomic E-state index is 0. The second kappa shape index (κ2) is 10.9. The molecule has 0 aromatic carbocycles. The van der Waals surface area contributed by atoms with Crippen molar-refractivity contribution in [2.75, 3.05) is 0 Å². The van der Waals surface area contributed by atoms with Crippen molar-refractivity contribution >= 4 is 0 Å². The number of H-pyrrole nitrogens is 1. The van der Waals surface area contributed by atoms with E-state index in [4.69, 9.17) is 31.8 Å². The molecule has 0 unspecified atom stereocenters. The van der Waals surface area contributed by atoms with Crippen LogP contribution in [-0.4, -0.2) is 0 Å². The molecule has 1 aromatic rings. The Bertz CT molecular complexity index is 382. The molecule has 0 saturated carbocycles. The van der Waals surface area contributed by atoms with Crippen LogP contribution in [0, 0.1) is 0 Å². The van der Waals surface area contributed by atoms with Crippen LogP contribution in [-0.2, 0) is 59.8 Å². The molecule has 0 atom stereocenters. The van der Waals surface area contributed by atoms with Crippen molar-refractivity contribution in [3.8, 4) is 0 Å². The zero-order chi connectivity index (χ0) is 13.2. The second-order valence-electron chi connectivity index (χ2n) is 1.89. The Morgan fingerprint density at radius 3 is 1.00 bits per heavy atom. The number of pyridine rings is 1. The predicted octanol–water partition coefficient (Wildman–Crippen LogP) is -4.74. The van der Waals surface area contributed by atoms with E-state index >= 15 is 0 Å². The maximum atomic E-state index is 8.59. The summed E-state index contributed by atoms with van der Waals surface area (Å²) in [5.41, 5.74) is 0. The van der Waals surface area contributed by atoms with Crippen molar-refractivity contribution in [1.82, 2.24) is 0 Å². The van der Waals surface area contributed by atoms with E-state index in [2.05, 4.69) is 4.98 Å². The number of hydrogen-bond donors (Lipinski definition) is 0. The Kier molecular flexibility index (Phi) is 14.1. The summed E-state index contributed by atoms with van der Waals surface area (Å²) >= 11 is -11.5. The third kappa shape index (κ3) is 89.6. The van der Waals surface area contributed by atoms with Gasteiger partial charge in [0.25, 0.3) is 0 Å². The molecule has 17 heavy (non-hydrogen) atoms. The van der Waals surface area contributed by atoms with Gasteiger partial charge in [-0.05, 0) is 0 Å². The first kappa shape index (κ1) is 22.0. The van der Waals surface area contributed by atoms with Crippen molar-refractivity contribution in [3.05, 3.63) is 30.6 Å². The zero-order valence-electron chi connectivity index (χ0n) is 7.88. The fourth-order valence-electron chi connectivity index (χ4n) is 0.342. The van der Waals surface area contributed by atoms with Crippen LogP contribution in [0.25, 0.3) is 0 Å². The van der Waals surface area contributed by atoms with Crippen molar-refractivity contribution in [1.29, 1.82) is 0 Å². The topological polar surface area (TPSA) is 175 Å². The molecule has 0 spiro atoms. The summed E-state index contributed by atoms with van der Waals surface area (Å²) in [5, 5.41) is 0. The molecule has 1 N–H and O–H groups in total. The van der Waals surface area contributed by atoms with Crippen molar-refractivity contribution in [2.45, 2.75) is 0 Å². The summed E-state index contributed by atoms with van der Waals surface area (Å²) in [7, 11) is 0. The van der Waals surface area contributed by atoms with Crippen LogP contribution in [0.2, 0.25) is 0 Å². The standard InChI is InChI=1S/C5H5N.3Cr.8O/c1-2-4-6-5-3-1;;;;;;;;;;;/h1-5H;;;;;;;;;;;/q;;;+3;;;;;4*-1/p+1. The van der Waals surface area contributed by atoms with E-state index in [9.17, 15) is 0 Å². The Morgan fingerprint density at radius 1 is 0.706 bits per heavy atom. The molecule has 97 valence electrons. The maximum absolute atomic E-state index is 8.59. The summed E-state index contributed by atoms with van der Waals surface area (Å²) in [5.74, 6) is 0. The summed E-state index contributed by atoms with van der Waals surface area (Å²) in [6.45, 7) is 0. The van der Waals surface area contributed by atoms with Crippen molar-refractivity contribution < 1.29 is 81.4 Å². The molecule has 0 amide bonds. The molecule has 1 radical (unpaired) electrons. The van der Waals surface area contributed by atoms with Gasteiger partial charge in [-0.1, -0.05) is 6.07 Å². The Hall–Kier alpha value is -0.213. The smallest absolute Gasteiger partial charge is 0.166 e. The normalized spacial score (nSPS) is 9.65. The van der Waals surface area contributed by atoms with Crippen LogP contribution in [0.1, 0.15) is 0 Å². The van der Waals surface area contributed by atoms with E-state index in [0.717, 1.165) is 0 Å². The van der Waals surface area contributed by atoms with Gasteiger partial charge >= 0.3 is 76.4 Å². The first-order chi connectivity index (χ1) is 7.00. The van der Waals surface area contributed by atoms with E-state index in [-0.39, 0.29) is 17.4 Å². The molecule has 1 rings (SSSR count). The first-order valence-electron chi connectivity index (χ1n) is 3.24. The van der Waals surface area contributed by atoms with Crippen LogP contribution in [0.5, 0.6) is 0 Å². The van der Waals surface area contributed by atoms with Gasteiger partial charge in [-0.2, -0.15) is 0 Å². The van der Waals surface area contributed by atoms with Gasteiger partial charge in [0.15, 0.2) is 12.4 Å². The fourth-order valence-corrected chi connectivity index (χ4v) is 0.342. The summed E-state index contributed by atoms with van der Waals surface area (Å²) in [6, 6.07) is 5.86. The van der Waals surface area contributed by atoms with Gasteiger partial charge in [0, 0.05) is 12.1 Å². The van der Waals surface area contributed by atoms with Crippen molar-refractivity contribution in [3.63, 3.8) is 0 Å². The molecule has 0 saturated heterocycles. The largest absolute Gasteiger partial charge is 0.218 e.